The van der Waals surface area contributed by atoms with Gasteiger partial charge in [-0.3, -0.25) is 14.9 Å². The van der Waals surface area contributed by atoms with Crippen molar-refractivity contribution in [2.24, 2.45) is 5.92 Å². The Kier molecular flexibility index (Phi) is 7.67. The van der Waals surface area contributed by atoms with E-state index in [1.807, 2.05) is 13.8 Å². The molecule has 0 aliphatic heterocycles. The van der Waals surface area contributed by atoms with E-state index < -0.39 is 16.9 Å². The van der Waals surface area contributed by atoms with Crippen molar-refractivity contribution in [2.45, 2.75) is 33.2 Å². The summed E-state index contributed by atoms with van der Waals surface area (Å²) in [4.78, 5) is 34.1. The number of amides is 2. The molecule has 0 aliphatic rings. The number of nitro benzene ring substituents is 1. The van der Waals surface area contributed by atoms with Crippen molar-refractivity contribution in [3.63, 3.8) is 0 Å². The number of benzene rings is 1. The van der Waals surface area contributed by atoms with E-state index in [-0.39, 0.29) is 30.4 Å². The minimum Gasteiger partial charge on any atom is -0.450 e. The van der Waals surface area contributed by atoms with Crippen molar-refractivity contribution in [1.29, 1.82) is 0 Å². The second-order valence-corrected chi connectivity index (χ2v) is 5.68. The molecular weight excluding hydrogens is 314 g/mol. The van der Waals surface area contributed by atoms with E-state index in [0.717, 1.165) is 0 Å². The highest BCUT2D eigenvalue weighted by Crippen LogP contribution is 2.17. The molecule has 132 valence electrons. The molecule has 0 aromatic heterocycles. The number of nitro groups is 1. The number of alkyl carbamates (subject to hydrolysis) is 1. The highest BCUT2D eigenvalue weighted by molar-refractivity contribution is 5.98. The number of nitrogens with one attached hydrogen (secondary N) is 2. The van der Waals surface area contributed by atoms with Crippen molar-refractivity contribution in [2.75, 3.05) is 13.2 Å². The number of ether oxygens (including phenoxy) is 1. The highest BCUT2D eigenvalue weighted by Gasteiger charge is 2.21. The van der Waals surface area contributed by atoms with Crippen LogP contribution in [0.1, 0.15) is 37.6 Å². The molecule has 0 bridgehead atoms. The smallest absolute Gasteiger partial charge is 0.407 e. The Morgan fingerprint density at radius 3 is 2.54 bits per heavy atom. The first-order valence-corrected chi connectivity index (χ1v) is 7.80. The maximum absolute atomic E-state index is 12.2. The minimum absolute atomic E-state index is 0.0121. The molecule has 1 aromatic rings. The molecule has 0 aliphatic carbocycles. The molecule has 0 heterocycles. The summed E-state index contributed by atoms with van der Waals surface area (Å²) in [6.45, 7) is 6.09. The van der Waals surface area contributed by atoms with Crippen LogP contribution in [0.2, 0.25) is 0 Å². The van der Waals surface area contributed by atoms with Gasteiger partial charge in [-0.25, -0.2) is 4.79 Å². The molecule has 0 saturated carbocycles. The van der Waals surface area contributed by atoms with Crippen molar-refractivity contribution >= 4 is 17.7 Å². The Balaban J connectivity index is 2.73. The molecule has 0 spiro atoms. The second kappa shape index (κ2) is 9.49. The zero-order valence-corrected chi connectivity index (χ0v) is 14.1. The van der Waals surface area contributed by atoms with Crippen molar-refractivity contribution < 1.29 is 19.2 Å². The van der Waals surface area contributed by atoms with E-state index in [2.05, 4.69) is 10.6 Å². The van der Waals surface area contributed by atoms with Crippen LogP contribution < -0.4 is 10.6 Å². The van der Waals surface area contributed by atoms with E-state index in [4.69, 9.17) is 4.74 Å². The number of carbonyl (C=O) groups is 2. The number of hydrogen-bond donors (Lipinski definition) is 2. The predicted octanol–water partition coefficient (Wildman–Crippen LogP) is 2.49. The lowest BCUT2D eigenvalue weighted by Crippen LogP contribution is -2.44. The van der Waals surface area contributed by atoms with Gasteiger partial charge in [0, 0.05) is 18.7 Å². The first-order chi connectivity index (χ1) is 11.3. The lowest BCUT2D eigenvalue weighted by atomic mass is 10.0. The summed E-state index contributed by atoms with van der Waals surface area (Å²) in [6, 6.07) is 5.40. The van der Waals surface area contributed by atoms with Gasteiger partial charge < -0.3 is 15.4 Å². The quantitative estimate of drug-likeness (QED) is 0.559. The van der Waals surface area contributed by atoms with Gasteiger partial charge in [0.1, 0.15) is 5.56 Å². The van der Waals surface area contributed by atoms with Gasteiger partial charge in [-0.15, -0.1) is 0 Å². The van der Waals surface area contributed by atoms with Crippen molar-refractivity contribution in [1.82, 2.24) is 10.6 Å². The molecule has 0 radical (unpaired) electrons. The molecule has 2 amide bonds. The fourth-order valence-corrected chi connectivity index (χ4v) is 2.24. The number of carbonyl (C=O) groups excluding carboxylic acids is 2. The fraction of sp³-hybridized carbons (Fsp3) is 0.500. The molecule has 1 aromatic carbocycles. The Morgan fingerprint density at radius 2 is 1.96 bits per heavy atom. The van der Waals surface area contributed by atoms with E-state index in [1.54, 1.807) is 13.0 Å². The lowest BCUT2D eigenvalue weighted by Gasteiger charge is -2.20. The van der Waals surface area contributed by atoms with Gasteiger partial charge in [0.05, 0.1) is 11.5 Å². The number of hydrogen-bond acceptors (Lipinski definition) is 5. The number of para-hydroxylation sites is 1. The standard InChI is InChI=1S/C16H23N3O5/c1-4-24-16(21)18-12(9-11(2)3)10-17-15(20)13-7-5-6-8-14(13)19(22)23/h5-8,11-12H,4,9-10H2,1-3H3,(H,17,20)(H,18,21). The Morgan fingerprint density at radius 1 is 1.29 bits per heavy atom. The third kappa shape index (κ3) is 6.23. The van der Waals surface area contributed by atoms with E-state index >= 15 is 0 Å². The molecule has 24 heavy (non-hydrogen) atoms. The van der Waals surface area contributed by atoms with Crippen LogP contribution in [0.3, 0.4) is 0 Å². The number of nitrogens with zero attached hydrogens (tertiary/aromatic N) is 1. The minimum atomic E-state index is -0.600. The van der Waals surface area contributed by atoms with Gasteiger partial charge >= 0.3 is 6.09 Å². The average molecular weight is 337 g/mol. The molecule has 1 rings (SSSR count). The Hall–Kier alpha value is -2.64. The van der Waals surface area contributed by atoms with Crippen molar-refractivity contribution in [3.8, 4) is 0 Å². The molecular formula is C16H23N3O5. The van der Waals surface area contributed by atoms with Crippen LogP contribution >= 0.6 is 0 Å². The molecule has 8 nitrogen and oxygen atoms in total. The summed E-state index contributed by atoms with van der Waals surface area (Å²) in [7, 11) is 0. The molecule has 2 N–H and O–H groups in total. The maximum Gasteiger partial charge on any atom is 0.407 e. The predicted molar refractivity (Wildman–Crippen MR) is 88.8 cm³/mol. The average Bonchev–Trinajstić information content (AvgIpc) is 2.52. The topological polar surface area (TPSA) is 111 Å². The van der Waals surface area contributed by atoms with Gasteiger partial charge in [-0.1, -0.05) is 26.0 Å². The molecule has 0 fully saturated rings. The van der Waals surface area contributed by atoms with Crippen LogP contribution in [-0.2, 0) is 4.74 Å². The van der Waals surface area contributed by atoms with Crippen molar-refractivity contribution in [3.05, 3.63) is 39.9 Å². The van der Waals surface area contributed by atoms with E-state index in [0.29, 0.717) is 12.3 Å². The third-order valence-electron chi connectivity index (χ3n) is 3.21. The van der Waals surface area contributed by atoms with Gasteiger partial charge in [0.15, 0.2) is 0 Å². The zero-order chi connectivity index (χ0) is 18.1. The van der Waals surface area contributed by atoms with E-state index in [1.165, 1.54) is 18.2 Å². The maximum atomic E-state index is 12.2. The van der Waals surface area contributed by atoms with Crippen LogP contribution in [-0.4, -0.2) is 36.1 Å². The van der Waals surface area contributed by atoms with Crippen LogP contribution in [0.5, 0.6) is 0 Å². The summed E-state index contributed by atoms with van der Waals surface area (Å²) >= 11 is 0. The largest absolute Gasteiger partial charge is 0.450 e. The third-order valence-corrected chi connectivity index (χ3v) is 3.21. The van der Waals surface area contributed by atoms with Crippen LogP contribution in [0.4, 0.5) is 10.5 Å². The lowest BCUT2D eigenvalue weighted by molar-refractivity contribution is -0.385. The van der Waals surface area contributed by atoms with E-state index in [9.17, 15) is 19.7 Å². The zero-order valence-electron chi connectivity index (χ0n) is 14.1. The second-order valence-electron chi connectivity index (χ2n) is 5.68. The van der Waals surface area contributed by atoms with Crippen LogP contribution in [0, 0.1) is 16.0 Å². The fourth-order valence-electron chi connectivity index (χ4n) is 2.24. The molecule has 8 heteroatoms. The summed E-state index contributed by atoms with van der Waals surface area (Å²) in [5, 5.41) is 16.3. The summed E-state index contributed by atoms with van der Waals surface area (Å²) in [6.07, 6.45) is 0.0822. The first-order valence-electron chi connectivity index (χ1n) is 7.80. The summed E-state index contributed by atoms with van der Waals surface area (Å²) in [5.41, 5.74) is -0.268. The monoisotopic (exact) mass is 337 g/mol. The Labute approximate surface area is 140 Å². The first kappa shape index (κ1) is 19.4. The van der Waals surface area contributed by atoms with Gasteiger partial charge in [-0.05, 0) is 25.3 Å². The normalized spacial score (nSPS) is 11.7. The van der Waals surface area contributed by atoms with Crippen LogP contribution in [0.25, 0.3) is 0 Å². The SMILES string of the molecule is CCOC(=O)NC(CNC(=O)c1ccccc1[N+](=O)[O-])CC(C)C. The van der Waals surface area contributed by atoms with Gasteiger partial charge in [0.25, 0.3) is 11.6 Å². The molecule has 0 saturated heterocycles. The summed E-state index contributed by atoms with van der Waals surface area (Å²) in [5.74, 6) is -0.262. The highest BCUT2D eigenvalue weighted by atomic mass is 16.6. The molecule has 1 atom stereocenters. The van der Waals surface area contributed by atoms with Gasteiger partial charge in [-0.2, -0.15) is 0 Å². The number of rotatable bonds is 8. The Bertz CT molecular complexity index is 589. The molecule has 1 unspecified atom stereocenters. The van der Waals surface area contributed by atoms with Crippen LogP contribution in [0.15, 0.2) is 24.3 Å². The summed E-state index contributed by atoms with van der Waals surface area (Å²) < 4.78 is 4.84. The van der Waals surface area contributed by atoms with Gasteiger partial charge in [0.2, 0.25) is 0 Å².